The first-order valence-corrected chi connectivity index (χ1v) is 12.9. The van der Waals surface area contributed by atoms with Crippen LogP contribution in [0.5, 0.6) is 0 Å². The molecule has 0 spiro atoms. The van der Waals surface area contributed by atoms with Crippen molar-refractivity contribution in [2.24, 2.45) is 5.10 Å². The van der Waals surface area contributed by atoms with Gasteiger partial charge in [-0.25, -0.2) is 21.9 Å². The van der Waals surface area contributed by atoms with E-state index in [0.29, 0.717) is 39.8 Å². The molecule has 1 unspecified atom stereocenters. The Morgan fingerprint density at radius 1 is 1.06 bits per heavy atom. The molecule has 1 aliphatic heterocycles. The molecule has 0 saturated carbocycles. The Hall–Kier alpha value is -3.76. The molecule has 184 valence electrons. The summed E-state index contributed by atoms with van der Waals surface area (Å²) >= 11 is 0. The normalized spacial score (nSPS) is 15.8. The van der Waals surface area contributed by atoms with Crippen LogP contribution in [-0.2, 0) is 22.3 Å². The van der Waals surface area contributed by atoms with Gasteiger partial charge in [-0.15, -0.1) is 0 Å². The average Bonchev–Trinajstić information content (AvgIpc) is 3.22. The minimum atomic E-state index is -3.87. The minimum Gasteiger partial charge on any atom is -0.299 e. The van der Waals surface area contributed by atoms with Crippen molar-refractivity contribution in [3.05, 3.63) is 99.3 Å². The highest BCUT2D eigenvalue weighted by Crippen LogP contribution is 2.23. The topological polar surface area (TPSA) is 91.7 Å². The Bertz CT molecular complexity index is 1690. The standard InChI is InChI=1S/C26H22F2N4O3S/c1-32-14-20(12-30-32)19-9-23-25(29-11-19)7-5-17-3-2-16(8-22(17)26(23)33)15-36(34,35)31-13-18-4-6-21(27)10-24(18)28/h2-12,20,31H,13-15H2,1H3. The molecule has 0 fully saturated rings. The fraction of sp³-hybridized carbons (Fsp3) is 0.192. The van der Waals surface area contributed by atoms with Crippen LogP contribution >= 0.6 is 0 Å². The molecule has 0 amide bonds. The lowest BCUT2D eigenvalue weighted by Crippen LogP contribution is -2.25. The van der Waals surface area contributed by atoms with Gasteiger partial charge in [-0.1, -0.05) is 24.3 Å². The maximum Gasteiger partial charge on any atom is 0.216 e. The monoisotopic (exact) mass is 508 g/mol. The highest BCUT2D eigenvalue weighted by atomic mass is 32.2. The molecular weight excluding hydrogens is 486 g/mol. The lowest BCUT2D eigenvalue weighted by atomic mass is 10.0. The number of rotatable bonds is 6. The number of halogens is 2. The molecule has 1 N–H and O–H groups in total. The molecule has 7 nitrogen and oxygen atoms in total. The van der Waals surface area contributed by atoms with Crippen LogP contribution < -0.4 is 10.2 Å². The van der Waals surface area contributed by atoms with Crippen LogP contribution in [0, 0.1) is 11.6 Å². The van der Waals surface area contributed by atoms with Crippen molar-refractivity contribution in [3.63, 3.8) is 0 Å². The quantitative estimate of drug-likeness (QED) is 0.429. The molecule has 0 saturated heterocycles. The Morgan fingerprint density at radius 2 is 1.86 bits per heavy atom. The molecule has 36 heavy (non-hydrogen) atoms. The van der Waals surface area contributed by atoms with Crippen molar-refractivity contribution in [2.75, 3.05) is 13.6 Å². The lowest BCUT2D eigenvalue weighted by molar-refractivity contribution is 0.381. The van der Waals surface area contributed by atoms with Crippen molar-refractivity contribution < 1.29 is 17.2 Å². The number of pyridine rings is 1. The molecule has 0 bridgehead atoms. The van der Waals surface area contributed by atoms with Gasteiger partial charge in [0, 0.05) is 60.9 Å². The van der Waals surface area contributed by atoms with E-state index in [2.05, 4.69) is 14.8 Å². The van der Waals surface area contributed by atoms with Crippen molar-refractivity contribution in [1.29, 1.82) is 0 Å². The highest BCUT2D eigenvalue weighted by Gasteiger charge is 2.19. The Morgan fingerprint density at radius 3 is 2.61 bits per heavy atom. The Labute approximate surface area is 206 Å². The summed E-state index contributed by atoms with van der Waals surface area (Å²) in [5.74, 6) is -1.95. The second kappa shape index (κ2) is 9.36. The molecular formula is C26H22F2N4O3S. The van der Waals surface area contributed by atoms with Crippen LogP contribution in [-0.4, -0.2) is 38.2 Å². The largest absolute Gasteiger partial charge is 0.299 e. The second-order valence-electron chi connectivity index (χ2n) is 8.81. The highest BCUT2D eigenvalue weighted by molar-refractivity contribution is 7.88. The smallest absolute Gasteiger partial charge is 0.216 e. The van der Waals surface area contributed by atoms with Crippen molar-refractivity contribution >= 4 is 37.9 Å². The zero-order chi connectivity index (χ0) is 25.4. The molecule has 4 aromatic rings. The van der Waals surface area contributed by atoms with Gasteiger partial charge in [-0.2, -0.15) is 5.10 Å². The van der Waals surface area contributed by atoms with E-state index in [1.807, 2.05) is 24.3 Å². The second-order valence-corrected chi connectivity index (χ2v) is 10.6. The number of benzene rings is 2. The van der Waals surface area contributed by atoms with E-state index in [1.165, 1.54) is 6.07 Å². The van der Waals surface area contributed by atoms with E-state index in [1.54, 1.807) is 36.5 Å². The van der Waals surface area contributed by atoms with E-state index < -0.39 is 27.4 Å². The fourth-order valence-electron chi connectivity index (χ4n) is 4.25. The zero-order valence-corrected chi connectivity index (χ0v) is 20.1. The van der Waals surface area contributed by atoms with Gasteiger partial charge in [-0.05, 0) is 40.8 Å². The summed E-state index contributed by atoms with van der Waals surface area (Å²) in [6, 6.07) is 13.2. The molecule has 1 atom stereocenters. The first kappa shape index (κ1) is 24.0. The molecule has 1 aromatic heterocycles. The SMILES string of the molecule is CN1CC(c2cnc3ccc4ccc(CS(=O)(=O)NCc5ccc(F)cc5F)cc4c(=O)c3c2)C=N1. The first-order chi connectivity index (χ1) is 17.2. The molecule has 1 aliphatic rings. The van der Waals surface area contributed by atoms with Crippen LogP contribution in [0.4, 0.5) is 8.78 Å². The third kappa shape index (κ3) is 4.95. The molecule has 0 radical (unpaired) electrons. The van der Waals surface area contributed by atoms with Crippen LogP contribution in [0.15, 0.2) is 70.7 Å². The summed E-state index contributed by atoms with van der Waals surface area (Å²) in [6.07, 6.45) is 3.57. The maximum atomic E-state index is 13.9. The van der Waals surface area contributed by atoms with Crippen LogP contribution in [0.3, 0.4) is 0 Å². The van der Waals surface area contributed by atoms with Crippen LogP contribution in [0.25, 0.3) is 21.7 Å². The number of nitrogens with zero attached hydrogens (tertiary/aromatic N) is 3. The van der Waals surface area contributed by atoms with Gasteiger partial charge in [0.15, 0.2) is 5.43 Å². The maximum absolute atomic E-state index is 13.9. The summed E-state index contributed by atoms with van der Waals surface area (Å²) < 4.78 is 54.6. The minimum absolute atomic E-state index is 0.0284. The summed E-state index contributed by atoms with van der Waals surface area (Å²) in [7, 11) is -1.99. The molecule has 2 heterocycles. The molecule has 10 heteroatoms. The molecule has 5 rings (SSSR count). The Kier molecular flexibility index (Phi) is 6.23. The summed E-state index contributed by atoms with van der Waals surface area (Å²) in [6.45, 7) is 0.375. The summed E-state index contributed by atoms with van der Waals surface area (Å²) in [5, 5.41) is 7.54. The van der Waals surface area contributed by atoms with Crippen molar-refractivity contribution in [2.45, 2.75) is 18.2 Å². The van der Waals surface area contributed by atoms with E-state index in [0.717, 1.165) is 11.6 Å². The Balaban J connectivity index is 1.46. The van der Waals surface area contributed by atoms with E-state index in [4.69, 9.17) is 0 Å². The molecule has 3 aromatic carbocycles. The number of nitrogens with one attached hydrogen (secondary N) is 1. The summed E-state index contributed by atoms with van der Waals surface area (Å²) in [5.41, 5.74) is 1.60. The van der Waals surface area contributed by atoms with E-state index in [9.17, 15) is 22.0 Å². The van der Waals surface area contributed by atoms with Gasteiger partial charge in [0.05, 0.1) is 11.3 Å². The van der Waals surface area contributed by atoms with Gasteiger partial charge >= 0.3 is 0 Å². The number of hydrogen-bond acceptors (Lipinski definition) is 6. The number of fused-ring (bicyclic) bond motifs is 2. The number of hydrogen-bond donors (Lipinski definition) is 1. The van der Waals surface area contributed by atoms with Crippen molar-refractivity contribution in [3.8, 4) is 0 Å². The fourth-order valence-corrected chi connectivity index (χ4v) is 5.34. The predicted molar refractivity (Wildman–Crippen MR) is 135 cm³/mol. The van der Waals surface area contributed by atoms with E-state index >= 15 is 0 Å². The predicted octanol–water partition coefficient (Wildman–Crippen LogP) is 3.66. The number of likely N-dealkylation sites (N-methyl/N-ethyl adjacent to an activating group) is 1. The van der Waals surface area contributed by atoms with Crippen LogP contribution in [0.1, 0.15) is 22.6 Å². The van der Waals surface area contributed by atoms with Crippen molar-refractivity contribution in [1.82, 2.24) is 14.7 Å². The van der Waals surface area contributed by atoms with Crippen LogP contribution in [0.2, 0.25) is 0 Å². The lowest BCUT2D eigenvalue weighted by Gasteiger charge is -2.10. The number of aromatic nitrogens is 1. The zero-order valence-electron chi connectivity index (χ0n) is 19.3. The third-order valence-electron chi connectivity index (χ3n) is 6.15. The molecule has 0 aliphatic carbocycles. The number of hydrazone groups is 1. The van der Waals surface area contributed by atoms with Gasteiger partial charge < -0.3 is 0 Å². The van der Waals surface area contributed by atoms with Gasteiger partial charge in [0.25, 0.3) is 0 Å². The number of sulfonamides is 1. The third-order valence-corrected chi connectivity index (χ3v) is 7.45. The van der Waals surface area contributed by atoms with Gasteiger partial charge in [0.2, 0.25) is 10.0 Å². The summed E-state index contributed by atoms with van der Waals surface area (Å²) in [4.78, 5) is 18.0. The average molecular weight is 509 g/mol. The van der Waals surface area contributed by atoms with Gasteiger partial charge in [0.1, 0.15) is 11.6 Å². The first-order valence-electron chi connectivity index (χ1n) is 11.2. The van der Waals surface area contributed by atoms with E-state index in [-0.39, 0.29) is 23.5 Å². The van der Waals surface area contributed by atoms with Gasteiger partial charge in [-0.3, -0.25) is 14.8 Å².